The van der Waals surface area contributed by atoms with Gasteiger partial charge in [0, 0.05) is 23.1 Å². The third-order valence-corrected chi connectivity index (χ3v) is 5.78. The number of benzene rings is 5. The van der Waals surface area contributed by atoms with Crippen molar-refractivity contribution in [3.8, 4) is 28.0 Å². The van der Waals surface area contributed by atoms with E-state index < -0.39 is 0 Å². The van der Waals surface area contributed by atoms with E-state index in [1.165, 1.54) is 22.3 Å². The van der Waals surface area contributed by atoms with E-state index >= 15 is 0 Å². The summed E-state index contributed by atoms with van der Waals surface area (Å²) in [7, 11) is 1.70. The van der Waals surface area contributed by atoms with Crippen molar-refractivity contribution in [2.45, 2.75) is 0 Å². The second-order valence-corrected chi connectivity index (χ2v) is 7.86. The van der Waals surface area contributed by atoms with Gasteiger partial charge in [0.1, 0.15) is 5.75 Å². The molecule has 0 aliphatic heterocycles. The lowest BCUT2D eigenvalue weighted by atomic mass is 10.0. The molecule has 0 fully saturated rings. The molecular formula is C31H25NO. The fourth-order valence-electron chi connectivity index (χ4n) is 4.06. The van der Waals surface area contributed by atoms with Gasteiger partial charge in [-0.3, -0.25) is 0 Å². The summed E-state index contributed by atoms with van der Waals surface area (Å²) in [6.45, 7) is 0. The zero-order chi connectivity index (χ0) is 22.5. The Morgan fingerprint density at radius 3 is 1.33 bits per heavy atom. The first-order chi connectivity index (χ1) is 16.3. The Balaban J connectivity index is 1.55. The van der Waals surface area contributed by atoms with Crippen LogP contribution < -0.4 is 9.64 Å². The molecule has 0 saturated heterocycles. The van der Waals surface area contributed by atoms with Crippen molar-refractivity contribution in [1.29, 1.82) is 0 Å². The Morgan fingerprint density at radius 1 is 0.424 bits per heavy atom. The minimum Gasteiger partial charge on any atom is -0.497 e. The van der Waals surface area contributed by atoms with Gasteiger partial charge in [-0.2, -0.15) is 0 Å². The first kappa shape index (κ1) is 20.6. The van der Waals surface area contributed by atoms with Crippen molar-refractivity contribution in [2.24, 2.45) is 0 Å². The summed E-state index contributed by atoms with van der Waals surface area (Å²) in [6.07, 6.45) is 0. The number of hydrogen-bond donors (Lipinski definition) is 0. The third kappa shape index (κ3) is 4.51. The van der Waals surface area contributed by atoms with Gasteiger partial charge in [-0.1, -0.05) is 91.0 Å². The van der Waals surface area contributed by atoms with Crippen molar-refractivity contribution in [3.05, 3.63) is 133 Å². The molecule has 0 amide bonds. The monoisotopic (exact) mass is 427 g/mol. The fraction of sp³-hybridized carbons (Fsp3) is 0.0323. The highest BCUT2D eigenvalue weighted by atomic mass is 16.5. The molecule has 5 aromatic carbocycles. The van der Waals surface area contributed by atoms with Crippen molar-refractivity contribution in [1.82, 2.24) is 0 Å². The minimum absolute atomic E-state index is 0.833. The van der Waals surface area contributed by atoms with Gasteiger partial charge < -0.3 is 9.64 Å². The predicted octanol–water partition coefficient (Wildman–Crippen LogP) is 8.50. The molecule has 0 N–H and O–H groups in total. The first-order valence-corrected chi connectivity index (χ1v) is 11.1. The van der Waals surface area contributed by atoms with Crippen molar-refractivity contribution in [2.75, 3.05) is 12.0 Å². The van der Waals surface area contributed by atoms with Gasteiger partial charge in [0.25, 0.3) is 0 Å². The molecule has 0 radical (unpaired) electrons. The van der Waals surface area contributed by atoms with Gasteiger partial charge in [0.2, 0.25) is 0 Å². The highest BCUT2D eigenvalue weighted by Gasteiger charge is 2.14. The molecule has 33 heavy (non-hydrogen) atoms. The molecule has 0 heterocycles. The molecule has 0 bridgehead atoms. The fourth-order valence-corrected chi connectivity index (χ4v) is 4.06. The van der Waals surface area contributed by atoms with E-state index in [0.717, 1.165) is 22.8 Å². The summed E-state index contributed by atoms with van der Waals surface area (Å²) in [4.78, 5) is 2.26. The standard InChI is InChI=1S/C31H25NO/c1-33-31-14-8-13-30(23-31)32(28-19-15-26(16-20-28)24-9-4-2-5-10-24)29-21-17-27(18-22-29)25-11-6-3-7-12-25/h2-23H,1H3. The summed E-state index contributed by atoms with van der Waals surface area (Å²) in [6, 6.07) is 46.5. The molecule has 2 nitrogen and oxygen atoms in total. The number of nitrogens with zero attached hydrogens (tertiary/aromatic N) is 1. The molecule has 160 valence electrons. The SMILES string of the molecule is COc1cccc(N(c2ccc(-c3ccccc3)cc2)c2ccc(-c3ccccc3)cc2)c1. The first-order valence-electron chi connectivity index (χ1n) is 11.1. The smallest absolute Gasteiger partial charge is 0.120 e. The van der Waals surface area contributed by atoms with Crippen LogP contribution in [0, 0.1) is 0 Å². The predicted molar refractivity (Wildman–Crippen MR) is 139 cm³/mol. The van der Waals surface area contributed by atoms with Crippen LogP contribution in [0.5, 0.6) is 5.75 Å². The lowest BCUT2D eigenvalue weighted by Gasteiger charge is -2.26. The maximum atomic E-state index is 5.50. The van der Waals surface area contributed by atoms with Crippen LogP contribution in [0.25, 0.3) is 22.3 Å². The van der Waals surface area contributed by atoms with Gasteiger partial charge in [-0.15, -0.1) is 0 Å². The second kappa shape index (κ2) is 9.46. The Hall–Kier alpha value is -4.30. The van der Waals surface area contributed by atoms with Gasteiger partial charge in [-0.05, 0) is 58.7 Å². The molecule has 0 aliphatic rings. The van der Waals surface area contributed by atoms with Gasteiger partial charge in [0.05, 0.1) is 7.11 Å². The zero-order valence-corrected chi connectivity index (χ0v) is 18.6. The van der Waals surface area contributed by atoms with E-state index in [-0.39, 0.29) is 0 Å². The van der Waals surface area contributed by atoms with Crippen LogP contribution in [0.1, 0.15) is 0 Å². The maximum Gasteiger partial charge on any atom is 0.120 e. The van der Waals surface area contributed by atoms with Crippen LogP contribution in [0.2, 0.25) is 0 Å². The largest absolute Gasteiger partial charge is 0.497 e. The molecule has 0 atom stereocenters. The summed E-state index contributed by atoms with van der Waals surface area (Å²) < 4.78 is 5.50. The average molecular weight is 428 g/mol. The highest BCUT2D eigenvalue weighted by Crippen LogP contribution is 2.37. The minimum atomic E-state index is 0.833. The lowest BCUT2D eigenvalue weighted by molar-refractivity contribution is 0.415. The summed E-state index contributed by atoms with van der Waals surface area (Å²) in [5.41, 5.74) is 8.06. The average Bonchev–Trinajstić information content (AvgIpc) is 2.91. The Kier molecular flexibility index (Phi) is 5.90. The number of rotatable bonds is 6. The molecule has 0 spiro atoms. The zero-order valence-electron chi connectivity index (χ0n) is 18.6. The topological polar surface area (TPSA) is 12.5 Å². The Labute approximate surface area is 195 Å². The van der Waals surface area contributed by atoms with E-state index in [0.29, 0.717) is 0 Å². The molecule has 5 aromatic rings. The summed E-state index contributed by atoms with van der Waals surface area (Å²) in [5.74, 6) is 0.833. The summed E-state index contributed by atoms with van der Waals surface area (Å²) in [5, 5.41) is 0. The Bertz CT molecular complexity index is 1230. The Morgan fingerprint density at radius 2 is 0.879 bits per heavy atom. The maximum absolute atomic E-state index is 5.50. The number of ether oxygens (including phenoxy) is 1. The van der Waals surface area contributed by atoms with Crippen LogP contribution in [-0.4, -0.2) is 7.11 Å². The highest BCUT2D eigenvalue weighted by molar-refractivity contribution is 5.80. The van der Waals surface area contributed by atoms with E-state index in [2.05, 4.69) is 114 Å². The van der Waals surface area contributed by atoms with Crippen LogP contribution >= 0.6 is 0 Å². The quantitative estimate of drug-likeness (QED) is 0.269. The molecule has 0 unspecified atom stereocenters. The van der Waals surface area contributed by atoms with Crippen LogP contribution in [0.4, 0.5) is 17.1 Å². The number of hydrogen-bond acceptors (Lipinski definition) is 2. The lowest BCUT2D eigenvalue weighted by Crippen LogP contribution is -2.10. The van der Waals surface area contributed by atoms with Crippen LogP contribution in [0.3, 0.4) is 0 Å². The second-order valence-electron chi connectivity index (χ2n) is 7.86. The number of methoxy groups -OCH3 is 1. The van der Waals surface area contributed by atoms with Crippen molar-refractivity contribution in [3.63, 3.8) is 0 Å². The van der Waals surface area contributed by atoms with Crippen molar-refractivity contribution < 1.29 is 4.74 Å². The normalized spacial score (nSPS) is 10.6. The molecule has 0 aromatic heterocycles. The van der Waals surface area contributed by atoms with E-state index in [1.54, 1.807) is 7.11 Å². The molecule has 0 saturated carbocycles. The van der Waals surface area contributed by atoms with Crippen LogP contribution in [0.15, 0.2) is 133 Å². The van der Waals surface area contributed by atoms with E-state index in [9.17, 15) is 0 Å². The molecule has 0 aliphatic carbocycles. The molecule has 2 heteroatoms. The van der Waals surface area contributed by atoms with Crippen LogP contribution in [-0.2, 0) is 0 Å². The van der Waals surface area contributed by atoms with E-state index in [1.807, 2.05) is 24.3 Å². The molecule has 5 rings (SSSR count). The van der Waals surface area contributed by atoms with Crippen molar-refractivity contribution >= 4 is 17.1 Å². The van der Waals surface area contributed by atoms with Gasteiger partial charge in [-0.25, -0.2) is 0 Å². The third-order valence-electron chi connectivity index (χ3n) is 5.78. The molecular weight excluding hydrogens is 402 g/mol. The van der Waals surface area contributed by atoms with Gasteiger partial charge >= 0.3 is 0 Å². The van der Waals surface area contributed by atoms with Gasteiger partial charge in [0.15, 0.2) is 0 Å². The summed E-state index contributed by atoms with van der Waals surface area (Å²) >= 11 is 0. The number of anilines is 3. The van der Waals surface area contributed by atoms with E-state index in [4.69, 9.17) is 4.74 Å².